The monoisotopic (exact) mass is 229 g/mol. The summed E-state index contributed by atoms with van der Waals surface area (Å²) in [6.45, 7) is 12.3. The molecule has 2 nitrogen and oxygen atoms in total. The smallest absolute Gasteiger partial charge is 0.0637 e. The third-order valence-corrected chi connectivity index (χ3v) is 3.54. The van der Waals surface area contributed by atoms with Crippen molar-refractivity contribution in [3.05, 3.63) is 0 Å². The Kier molecular flexibility index (Phi) is 8.04. The SMILES string of the molecule is CCCNC(CC(C)(C)OC)C(CC)CC. The molecule has 1 unspecified atom stereocenters. The molecule has 0 aliphatic rings. The Hall–Kier alpha value is -0.0800. The number of hydrogen-bond donors (Lipinski definition) is 1. The lowest BCUT2D eigenvalue weighted by Crippen LogP contribution is -2.42. The first-order valence-electron chi connectivity index (χ1n) is 6.79. The highest BCUT2D eigenvalue weighted by molar-refractivity contribution is 4.82. The molecule has 2 heteroatoms. The minimum atomic E-state index is -0.0198. The number of hydrogen-bond acceptors (Lipinski definition) is 2. The van der Waals surface area contributed by atoms with E-state index < -0.39 is 0 Å². The zero-order valence-corrected chi connectivity index (χ0v) is 12.1. The average molecular weight is 229 g/mol. The van der Waals surface area contributed by atoms with Crippen LogP contribution >= 0.6 is 0 Å². The molecule has 0 radical (unpaired) electrons. The van der Waals surface area contributed by atoms with Gasteiger partial charge in [-0.15, -0.1) is 0 Å². The van der Waals surface area contributed by atoms with Crippen molar-refractivity contribution in [2.45, 2.75) is 71.9 Å². The van der Waals surface area contributed by atoms with Crippen molar-refractivity contribution >= 4 is 0 Å². The van der Waals surface area contributed by atoms with Gasteiger partial charge in [-0.1, -0.05) is 33.6 Å². The second-order valence-corrected chi connectivity index (χ2v) is 5.31. The summed E-state index contributed by atoms with van der Waals surface area (Å²) < 4.78 is 5.55. The predicted molar refractivity (Wildman–Crippen MR) is 71.9 cm³/mol. The average Bonchev–Trinajstić information content (AvgIpc) is 2.27. The topological polar surface area (TPSA) is 21.3 Å². The molecular weight excluding hydrogens is 198 g/mol. The predicted octanol–water partition coefficient (Wildman–Crippen LogP) is 3.61. The molecule has 0 aromatic carbocycles. The van der Waals surface area contributed by atoms with Crippen LogP contribution in [0, 0.1) is 5.92 Å². The van der Waals surface area contributed by atoms with Crippen LogP contribution in [-0.4, -0.2) is 25.3 Å². The molecule has 1 atom stereocenters. The molecule has 0 bridgehead atoms. The van der Waals surface area contributed by atoms with Crippen molar-refractivity contribution in [2.75, 3.05) is 13.7 Å². The van der Waals surface area contributed by atoms with E-state index in [9.17, 15) is 0 Å². The molecule has 0 aromatic rings. The minimum absolute atomic E-state index is 0.0198. The molecule has 1 N–H and O–H groups in total. The summed E-state index contributed by atoms with van der Waals surface area (Å²) in [7, 11) is 1.81. The van der Waals surface area contributed by atoms with E-state index >= 15 is 0 Å². The van der Waals surface area contributed by atoms with Crippen LogP contribution < -0.4 is 5.32 Å². The molecule has 0 spiro atoms. The van der Waals surface area contributed by atoms with E-state index in [0.717, 1.165) is 18.9 Å². The Morgan fingerprint density at radius 2 is 1.69 bits per heavy atom. The number of methoxy groups -OCH3 is 1. The molecule has 0 rings (SSSR count). The first-order chi connectivity index (χ1) is 7.50. The van der Waals surface area contributed by atoms with Gasteiger partial charge in [0.05, 0.1) is 5.60 Å². The molecule has 0 aliphatic heterocycles. The van der Waals surface area contributed by atoms with Crippen LogP contribution in [0.1, 0.15) is 60.3 Å². The standard InChI is InChI=1S/C14H31NO/c1-7-10-15-13(12(8-2)9-3)11-14(4,5)16-6/h12-13,15H,7-11H2,1-6H3. The fourth-order valence-electron chi connectivity index (χ4n) is 2.21. The molecule has 0 saturated carbocycles. The molecule has 0 amide bonds. The van der Waals surface area contributed by atoms with Crippen LogP contribution in [0.3, 0.4) is 0 Å². The van der Waals surface area contributed by atoms with Crippen LogP contribution in [0.5, 0.6) is 0 Å². The Morgan fingerprint density at radius 3 is 2.06 bits per heavy atom. The highest BCUT2D eigenvalue weighted by Gasteiger charge is 2.26. The van der Waals surface area contributed by atoms with Crippen LogP contribution in [0.25, 0.3) is 0 Å². The number of ether oxygens (including phenoxy) is 1. The highest BCUT2D eigenvalue weighted by Crippen LogP contribution is 2.23. The Morgan fingerprint density at radius 1 is 1.12 bits per heavy atom. The van der Waals surface area contributed by atoms with Crippen molar-refractivity contribution in [1.29, 1.82) is 0 Å². The number of rotatable bonds is 9. The van der Waals surface area contributed by atoms with E-state index in [2.05, 4.69) is 39.9 Å². The van der Waals surface area contributed by atoms with Gasteiger partial charge in [-0.3, -0.25) is 0 Å². The summed E-state index contributed by atoms with van der Waals surface area (Å²) >= 11 is 0. The van der Waals surface area contributed by atoms with Gasteiger partial charge in [0.15, 0.2) is 0 Å². The summed E-state index contributed by atoms with van der Waals surface area (Å²) in [6.07, 6.45) is 4.79. The highest BCUT2D eigenvalue weighted by atomic mass is 16.5. The van der Waals surface area contributed by atoms with Gasteiger partial charge in [0.1, 0.15) is 0 Å². The van der Waals surface area contributed by atoms with Gasteiger partial charge in [0.25, 0.3) is 0 Å². The van der Waals surface area contributed by atoms with E-state index in [1.54, 1.807) is 0 Å². The van der Waals surface area contributed by atoms with Gasteiger partial charge in [-0.25, -0.2) is 0 Å². The lowest BCUT2D eigenvalue weighted by atomic mass is 9.86. The molecule has 0 saturated heterocycles. The Balaban J connectivity index is 4.40. The maximum Gasteiger partial charge on any atom is 0.0637 e. The second-order valence-electron chi connectivity index (χ2n) is 5.31. The van der Waals surface area contributed by atoms with E-state index in [4.69, 9.17) is 4.74 Å². The molecule has 0 aromatic heterocycles. The third kappa shape index (κ3) is 5.86. The van der Waals surface area contributed by atoms with Crippen LogP contribution in [0.15, 0.2) is 0 Å². The van der Waals surface area contributed by atoms with Crippen molar-refractivity contribution in [2.24, 2.45) is 5.92 Å². The maximum absolute atomic E-state index is 5.55. The first kappa shape index (κ1) is 15.9. The van der Waals surface area contributed by atoms with Crippen molar-refractivity contribution in [3.63, 3.8) is 0 Å². The van der Waals surface area contributed by atoms with E-state index in [0.29, 0.717) is 6.04 Å². The second kappa shape index (κ2) is 8.08. The molecule has 0 heterocycles. The number of nitrogens with one attached hydrogen (secondary N) is 1. The van der Waals surface area contributed by atoms with Crippen molar-refractivity contribution in [1.82, 2.24) is 5.32 Å². The molecule has 0 fully saturated rings. The summed E-state index contributed by atoms with van der Waals surface area (Å²) in [4.78, 5) is 0. The van der Waals surface area contributed by atoms with Crippen LogP contribution in [-0.2, 0) is 4.74 Å². The van der Waals surface area contributed by atoms with Gasteiger partial charge in [0, 0.05) is 13.2 Å². The largest absolute Gasteiger partial charge is 0.379 e. The third-order valence-electron chi connectivity index (χ3n) is 3.54. The maximum atomic E-state index is 5.55. The summed E-state index contributed by atoms with van der Waals surface area (Å²) in [5.74, 6) is 0.765. The summed E-state index contributed by atoms with van der Waals surface area (Å²) in [6, 6.07) is 0.588. The van der Waals surface area contributed by atoms with E-state index in [1.807, 2.05) is 7.11 Å². The lowest BCUT2D eigenvalue weighted by Gasteiger charge is -2.33. The van der Waals surface area contributed by atoms with Gasteiger partial charge in [-0.05, 0) is 39.2 Å². The Labute approximate surface area is 102 Å². The quantitative estimate of drug-likeness (QED) is 0.652. The van der Waals surface area contributed by atoms with Gasteiger partial charge in [0.2, 0.25) is 0 Å². The van der Waals surface area contributed by atoms with Gasteiger partial charge < -0.3 is 10.1 Å². The fourth-order valence-corrected chi connectivity index (χ4v) is 2.21. The van der Waals surface area contributed by atoms with E-state index in [-0.39, 0.29) is 5.60 Å². The summed E-state index contributed by atoms with van der Waals surface area (Å²) in [5, 5.41) is 3.68. The van der Waals surface area contributed by atoms with Gasteiger partial charge >= 0.3 is 0 Å². The van der Waals surface area contributed by atoms with Gasteiger partial charge in [-0.2, -0.15) is 0 Å². The summed E-state index contributed by atoms with van der Waals surface area (Å²) in [5.41, 5.74) is -0.0198. The van der Waals surface area contributed by atoms with E-state index in [1.165, 1.54) is 19.3 Å². The normalized spacial score (nSPS) is 14.4. The molecular formula is C14H31NO. The Bertz CT molecular complexity index is 164. The molecule has 0 aliphatic carbocycles. The van der Waals surface area contributed by atoms with Crippen LogP contribution in [0.4, 0.5) is 0 Å². The first-order valence-corrected chi connectivity index (χ1v) is 6.79. The molecule has 16 heavy (non-hydrogen) atoms. The lowest BCUT2D eigenvalue weighted by molar-refractivity contribution is 0.00101. The fraction of sp³-hybridized carbons (Fsp3) is 1.00. The molecule has 98 valence electrons. The van der Waals surface area contributed by atoms with Crippen molar-refractivity contribution in [3.8, 4) is 0 Å². The zero-order chi connectivity index (χ0) is 12.6. The zero-order valence-electron chi connectivity index (χ0n) is 12.1. The van der Waals surface area contributed by atoms with Crippen LogP contribution in [0.2, 0.25) is 0 Å². The minimum Gasteiger partial charge on any atom is -0.379 e. The van der Waals surface area contributed by atoms with Crippen molar-refractivity contribution < 1.29 is 4.74 Å².